The molecule has 1 rings (SSSR count). The Balaban J connectivity index is 2.96. The zero-order chi connectivity index (χ0) is 12.3. The van der Waals surface area contributed by atoms with Gasteiger partial charge < -0.3 is 10.4 Å². The first-order valence-electron chi connectivity index (χ1n) is 4.09. The number of hydrogen-bond acceptors (Lipinski definition) is 4. The molecule has 0 unspecified atom stereocenters. The van der Waals surface area contributed by atoms with Crippen molar-refractivity contribution in [3.63, 3.8) is 0 Å². The maximum atomic E-state index is 13.3. The number of carbonyl (C=O) groups is 1. The van der Waals surface area contributed by atoms with Crippen LogP contribution in [-0.2, 0) is 14.8 Å². The van der Waals surface area contributed by atoms with Gasteiger partial charge in [-0.1, -0.05) is 0 Å². The van der Waals surface area contributed by atoms with Crippen LogP contribution >= 0.6 is 0 Å². The first-order valence-corrected chi connectivity index (χ1v) is 5.63. The molecule has 0 saturated carbocycles. The highest BCUT2D eigenvalue weighted by atomic mass is 32.2. The molecule has 0 aliphatic heterocycles. The average Bonchev–Trinajstić information content (AvgIpc) is 2.14. The maximum Gasteiger partial charge on any atom is 0.322 e. The lowest BCUT2D eigenvalue weighted by Crippen LogP contribution is -2.15. The summed E-state index contributed by atoms with van der Waals surface area (Å²) in [5, 5.41) is 15.4. The van der Waals surface area contributed by atoms with E-state index in [2.05, 4.69) is 5.32 Å². The van der Waals surface area contributed by atoms with Gasteiger partial charge in [-0.25, -0.2) is 17.9 Å². The Morgan fingerprint density at radius 2 is 2.12 bits per heavy atom. The molecule has 0 amide bonds. The van der Waals surface area contributed by atoms with Gasteiger partial charge >= 0.3 is 5.97 Å². The molecule has 6 nitrogen and oxygen atoms in total. The van der Waals surface area contributed by atoms with Crippen molar-refractivity contribution in [2.75, 3.05) is 11.9 Å². The highest BCUT2D eigenvalue weighted by molar-refractivity contribution is 7.89. The van der Waals surface area contributed by atoms with Crippen LogP contribution in [0.3, 0.4) is 0 Å². The Bertz CT molecular complexity index is 515. The molecule has 0 fully saturated rings. The van der Waals surface area contributed by atoms with Crippen LogP contribution in [0.2, 0.25) is 0 Å². The fourth-order valence-electron chi connectivity index (χ4n) is 0.987. The molecule has 0 radical (unpaired) electrons. The summed E-state index contributed by atoms with van der Waals surface area (Å²) in [7, 11) is -3.96. The van der Waals surface area contributed by atoms with Gasteiger partial charge in [0, 0.05) is 0 Å². The van der Waals surface area contributed by atoms with Crippen LogP contribution in [0.4, 0.5) is 10.1 Å². The molecule has 0 atom stereocenters. The lowest BCUT2D eigenvalue weighted by Gasteiger charge is -2.06. The minimum atomic E-state index is -3.96. The minimum absolute atomic E-state index is 0.102. The van der Waals surface area contributed by atoms with Crippen molar-refractivity contribution in [1.82, 2.24) is 0 Å². The van der Waals surface area contributed by atoms with Crippen molar-refractivity contribution >= 4 is 21.7 Å². The standard InChI is InChI=1S/C8H9FN2O4S/c9-6-3-5(16(10,14)15)1-2-7(6)11-4-8(12)13/h1-3,11H,4H2,(H,12,13)(H2,10,14,15). The maximum absolute atomic E-state index is 13.3. The number of benzene rings is 1. The summed E-state index contributed by atoms with van der Waals surface area (Å²) in [4.78, 5) is 9.84. The Kier molecular flexibility index (Phi) is 3.45. The number of carboxylic acid groups (broad SMARTS) is 1. The third-order valence-corrected chi connectivity index (χ3v) is 2.61. The quantitative estimate of drug-likeness (QED) is 0.693. The first kappa shape index (κ1) is 12.4. The third kappa shape index (κ3) is 3.17. The van der Waals surface area contributed by atoms with Crippen LogP contribution in [0.25, 0.3) is 0 Å². The molecule has 16 heavy (non-hydrogen) atoms. The highest BCUT2D eigenvalue weighted by Crippen LogP contribution is 2.17. The summed E-state index contributed by atoms with van der Waals surface area (Å²) in [5.74, 6) is -2.04. The Hall–Kier alpha value is -1.67. The van der Waals surface area contributed by atoms with Gasteiger partial charge in [-0.05, 0) is 18.2 Å². The van der Waals surface area contributed by atoms with Gasteiger partial charge in [0.25, 0.3) is 0 Å². The summed E-state index contributed by atoms with van der Waals surface area (Å²) in [6.45, 7) is -0.467. The third-order valence-electron chi connectivity index (χ3n) is 1.70. The van der Waals surface area contributed by atoms with Crippen LogP contribution in [-0.4, -0.2) is 26.0 Å². The molecule has 0 saturated heterocycles. The number of sulfonamides is 1. The molecule has 1 aromatic carbocycles. The summed E-state index contributed by atoms with van der Waals surface area (Å²) in [5.41, 5.74) is -0.102. The van der Waals surface area contributed by atoms with Crippen molar-refractivity contribution in [3.05, 3.63) is 24.0 Å². The number of primary sulfonamides is 1. The van der Waals surface area contributed by atoms with E-state index in [1.54, 1.807) is 0 Å². The van der Waals surface area contributed by atoms with E-state index < -0.39 is 28.4 Å². The van der Waals surface area contributed by atoms with Gasteiger partial charge in [0.15, 0.2) is 0 Å². The van der Waals surface area contributed by atoms with Crippen molar-refractivity contribution in [3.8, 4) is 0 Å². The van der Waals surface area contributed by atoms with E-state index in [-0.39, 0.29) is 10.6 Å². The lowest BCUT2D eigenvalue weighted by atomic mass is 10.3. The van der Waals surface area contributed by atoms with Crippen molar-refractivity contribution in [2.24, 2.45) is 5.14 Å². The molecular formula is C8H9FN2O4S. The van der Waals surface area contributed by atoms with Crippen LogP contribution in [0.1, 0.15) is 0 Å². The van der Waals surface area contributed by atoms with E-state index in [1.165, 1.54) is 0 Å². The molecule has 0 heterocycles. The molecule has 8 heteroatoms. The smallest absolute Gasteiger partial charge is 0.322 e. The molecule has 0 spiro atoms. The monoisotopic (exact) mass is 248 g/mol. The summed E-state index contributed by atoms with van der Waals surface area (Å²) < 4.78 is 35.0. The van der Waals surface area contributed by atoms with E-state index in [0.717, 1.165) is 18.2 Å². The SMILES string of the molecule is NS(=O)(=O)c1ccc(NCC(=O)O)c(F)c1. The minimum Gasteiger partial charge on any atom is -0.480 e. The number of hydrogen-bond donors (Lipinski definition) is 3. The predicted molar refractivity (Wildman–Crippen MR) is 53.9 cm³/mol. The normalized spacial score (nSPS) is 11.1. The molecular weight excluding hydrogens is 239 g/mol. The van der Waals surface area contributed by atoms with Gasteiger partial charge in [-0.15, -0.1) is 0 Å². The second kappa shape index (κ2) is 4.45. The van der Waals surface area contributed by atoms with Crippen LogP contribution in [0, 0.1) is 5.82 Å². The fourth-order valence-corrected chi connectivity index (χ4v) is 1.51. The summed E-state index contributed by atoms with van der Waals surface area (Å²) in [6, 6.07) is 2.92. The van der Waals surface area contributed by atoms with Crippen molar-refractivity contribution in [2.45, 2.75) is 4.90 Å². The molecule has 1 aromatic rings. The summed E-state index contributed by atoms with van der Waals surface area (Å²) >= 11 is 0. The topological polar surface area (TPSA) is 109 Å². The van der Waals surface area contributed by atoms with Crippen molar-refractivity contribution < 1.29 is 22.7 Å². The zero-order valence-electron chi connectivity index (χ0n) is 7.97. The van der Waals surface area contributed by atoms with Gasteiger partial charge in [0.2, 0.25) is 10.0 Å². The number of rotatable bonds is 4. The van der Waals surface area contributed by atoms with Gasteiger partial charge in [0.05, 0.1) is 10.6 Å². The largest absolute Gasteiger partial charge is 0.480 e. The van der Waals surface area contributed by atoms with E-state index in [4.69, 9.17) is 10.2 Å². The van der Waals surface area contributed by atoms with E-state index in [1.807, 2.05) is 0 Å². The highest BCUT2D eigenvalue weighted by Gasteiger charge is 2.11. The van der Waals surface area contributed by atoms with Gasteiger partial charge in [0.1, 0.15) is 12.4 Å². The number of nitrogens with one attached hydrogen (secondary N) is 1. The molecule has 0 aliphatic carbocycles. The molecule has 0 bridgehead atoms. The average molecular weight is 248 g/mol. The van der Waals surface area contributed by atoms with Crippen LogP contribution in [0.15, 0.2) is 23.1 Å². The molecule has 0 aliphatic rings. The zero-order valence-corrected chi connectivity index (χ0v) is 8.79. The number of carboxylic acids is 1. The van der Waals surface area contributed by atoms with E-state index >= 15 is 0 Å². The number of aliphatic carboxylic acids is 1. The molecule has 88 valence electrons. The van der Waals surface area contributed by atoms with Crippen LogP contribution < -0.4 is 10.5 Å². The second-order valence-electron chi connectivity index (χ2n) is 2.93. The van der Waals surface area contributed by atoms with Crippen LogP contribution in [0.5, 0.6) is 0 Å². The fraction of sp³-hybridized carbons (Fsp3) is 0.125. The lowest BCUT2D eigenvalue weighted by molar-refractivity contribution is -0.134. The second-order valence-corrected chi connectivity index (χ2v) is 4.50. The Morgan fingerprint density at radius 3 is 2.56 bits per heavy atom. The Labute approximate surface area is 90.9 Å². The Morgan fingerprint density at radius 1 is 1.50 bits per heavy atom. The summed E-state index contributed by atoms with van der Waals surface area (Å²) in [6.07, 6.45) is 0. The number of anilines is 1. The van der Waals surface area contributed by atoms with Gasteiger partial charge in [-0.2, -0.15) is 0 Å². The predicted octanol–water partition coefficient (Wildman–Crippen LogP) is -0.0304. The van der Waals surface area contributed by atoms with Crippen molar-refractivity contribution in [1.29, 1.82) is 0 Å². The van der Waals surface area contributed by atoms with Gasteiger partial charge in [-0.3, -0.25) is 4.79 Å². The number of nitrogens with two attached hydrogens (primary N) is 1. The first-order chi connectivity index (χ1) is 7.30. The molecule has 0 aromatic heterocycles. The van der Waals surface area contributed by atoms with E-state index in [0.29, 0.717) is 0 Å². The van der Waals surface area contributed by atoms with E-state index in [9.17, 15) is 17.6 Å². The number of halogens is 1. The molecule has 4 N–H and O–H groups in total.